The van der Waals surface area contributed by atoms with Crippen molar-refractivity contribution in [2.45, 2.75) is 26.8 Å². The Balaban J connectivity index is 1.67. The molecular weight excluding hydrogens is 328 g/mol. The highest BCUT2D eigenvalue weighted by molar-refractivity contribution is 5.99. The number of benzene rings is 1. The number of amides is 1. The van der Waals surface area contributed by atoms with Gasteiger partial charge in [0, 0.05) is 11.9 Å². The maximum absolute atomic E-state index is 12.9. The van der Waals surface area contributed by atoms with Crippen molar-refractivity contribution in [1.82, 2.24) is 29.9 Å². The highest BCUT2D eigenvalue weighted by Crippen LogP contribution is 2.23. The Morgan fingerprint density at radius 3 is 2.77 bits per heavy atom. The van der Waals surface area contributed by atoms with Gasteiger partial charge in [0.15, 0.2) is 5.65 Å². The molecule has 0 fully saturated rings. The summed E-state index contributed by atoms with van der Waals surface area (Å²) >= 11 is 0. The molecule has 3 aromatic heterocycles. The van der Waals surface area contributed by atoms with E-state index in [9.17, 15) is 4.79 Å². The van der Waals surface area contributed by atoms with E-state index in [2.05, 4.69) is 39.2 Å². The van der Waals surface area contributed by atoms with Gasteiger partial charge in [-0.05, 0) is 31.0 Å². The predicted octanol–water partition coefficient (Wildman–Crippen LogP) is 3.04. The number of carbonyl (C=O) groups excluding carboxylic acids is 1. The minimum atomic E-state index is -0.241. The molecule has 0 aliphatic rings. The van der Waals surface area contributed by atoms with E-state index in [0.29, 0.717) is 11.2 Å². The fourth-order valence-electron chi connectivity index (χ4n) is 3.01. The Hall–Kier alpha value is -3.22. The normalized spacial score (nSPS) is 12.8. The van der Waals surface area contributed by atoms with Gasteiger partial charge >= 0.3 is 0 Å². The van der Waals surface area contributed by atoms with Crippen molar-refractivity contribution in [2.75, 3.05) is 0 Å². The molecule has 4 rings (SSSR count). The van der Waals surface area contributed by atoms with Crippen LogP contribution in [0.25, 0.3) is 16.7 Å². The summed E-state index contributed by atoms with van der Waals surface area (Å²) in [6.07, 6.45) is 3.35. The molecule has 7 heteroatoms. The number of nitrogens with zero attached hydrogens (tertiary/aromatic N) is 4. The summed E-state index contributed by atoms with van der Waals surface area (Å²) < 4.78 is 1.60. The van der Waals surface area contributed by atoms with E-state index in [1.165, 1.54) is 0 Å². The van der Waals surface area contributed by atoms with Gasteiger partial charge in [-0.15, -0.1) is 0 Å². The molecule has 7 nitrogen and oxygen atoms in total. The summed E-state index contributed by atoms with van der Waals surface area (Å²) in [6.45, 7) is 5.99. The molecule has 4 aromatic rings. The van der Waals surface area contributed by atoms with E-state index in [1.54, 1.807) is 16.9 Å². The fraction of sp³-hybridized carbons (Fsp3) is 0.263. The SMILES string of the molecule is Cc1ccn2ncc(C(=O)NC(c3nc4ccccc4[nH]3)C(C)C)c2n1. The number of aryl methyl sites for hydroxylation is 1. The molecule has 1 aromatic carbocycles. The van der Waals surface area contributed by atoms with Gasteiger partial charge < -0.3 is 10.3 Å². The Bertz CT molecular complexity index is 1060. The molecule has 1 atom stereocenters. The van der Waals surface area contributed by atoms with Crippen molar-refractivity contribution >= 4 is 22.6 Å². The van der Waals surface area contributed by atoms with Crippen LogP contribution in [0, 0.1) is 12.8 Å². The first-order chi connectivity index (χ1) is 12.5. The van der Waals surface area contributed by atoms with Crippen LogP contribution in [0.15, 0.2) is 42.7 Å². The molecule has 1 amide bonds. The number of para-hydroxylation sites is 2. The topological polar surface area (TPSA) is 88.0 Å². The van der Waals surface area contributed by atoms with Crippen molar-refractivity contribution in [3.63, 3.8) is 0 Å². The summed E-state index contributed by atoms with van der Waals surface area (Å²) in [5.74, 6) is 0.698. The second kappa shape index (κ2) is 6.25. The number of rotatable bonds is 4. The Kier molecular flexibility index (Phi) is 3.91. The zero-order valence-corrected chi connectivity index (χ0v) is 14.9. The quantitative estimate of drug-likeness (QED) is 0.593. The monoisotopic (exact) mass is 348 g/mol. The number of aromatic nitrogens is 5. The lowest BCUT2D eigenvalue weighted by Crippen LogP contribution is -2.32. The molecule has 0 radical (unpaired) electrons. The summed E-state index contributed by atoms with van der Waals surface area (Å²) in [4.78, 5) is 25.3. The Labute approximate surface area is 150 Å². The molecule has 0 spiro atoms. The van der Waals surface area contributed by atoms with Crippen LogP contribution in [0.4, 0.5) is 0 Å². The fourth-order valence-corrected chi connectivity index (χ4v) is 3.01. The van der Waals surface area contributed by atoms with Gasteiger partial charge in [-0.2, -0.15) is 5.10 Å². The smallest absolute Gasteiger partial charge is 0.257 e. The van der Waals surface area contributed by atoms with Crippen molar-refractivity contribution in [1.29, 1.82) is 0 Å². The number of H-pyrrole nitrogens is 1. The summed E-state index contributed by atoms with van der Waals surface area (Å²) in [7, 11) is 0. The van der Waals surface area contributed by atoms with Crippen LogP contribution in [0.3, 0.4) is 0 Å². The summed E-state index contributed by atoms with van der Waals surface area (Å²) in [6, 6.07) is 9.45. The van der Waals surface area contributed by atoms with Crippen LogP contribution in [-0.4, -0.2) is 30.5 Å². The molecule has 0 aliphatic heterocycles. The number of imidazole rings is 1. The maximum Gasteiger partial charge on any atom is 0.257 e. The molecule has 0 bridgehead atoms. The molecule has 3 heterocycles. The number of hydrogen-bond donors (Lipinski definition) is 2. The summed E-state index contributed by atoms with van der Waals surface area (Å²) in [5, 5.41) is 7.29. The zero-order chi connectivity index (χ0) is 18.3. The lowest BCUT2D eigenvalue weighted by Gasteiger charge is -2.20. The number of aromatic amines is 1. The molecule has 2 N–H and O–H groups in total. The van der Waals surface area contributed by atoms with Crippen LogP contribution in [0.2, 0.25) is 0 Å². The van der Waals surface area contributed by atoms with E-state index in [1.807, 2.05) is 37.3 Å². The lowest BCUT2D eigenvalue weighted by atomic mass is 10.0. The number of fused-ring (bicyclic) bond motifs is 2. The van der Waals surface area contributed by atoms with Crippen LogP contribution >= 0.6 is 0 Å². The third-order valence-corrected chi connectivity index (χ3v) is 4.41. The van der Waals surface area contributed by atoms with Crippen LogP contribution in [0.5, 0.6) is 0 Å². The minimum Gasteiger partial charge on any atom is -0.342 e. The maximum atomic E-state index is 12.9. The van der Waals surface area contributed by atoms with Crippen molar-refractivity contribution in [3.8, 4) is 0 Å². The van der Waals surface area contributed by atoms with Gasteiger partial charge in [-0.25, -0.2) is 14.5 Å². The Morgan fingerprint density at radius 2 is 2.00 bits per heavy atom. The lowest BCUT2D eigenvalue weighted by molar-refractivity contribution is 0.0925. The van der Waals surface area contributed by atoms with E-state index in [4.69, 9.17) is 0 Å². The van der Waals surface area contributed by atoms with Crippen LogP contribution in [-0.2, 0) is 0 Å². The number of nitrogens with one attached hydrogen (secondary N) is 2. The molecule has 1 unspecified atom stereocenters. The highest BCUT2D eigenvalue weighted by atomic mass is 16.1. The molecule has 0 saturated carbocycles. The first-order valence-electron chi connectivity index (χ1n) is 8.59. The van der Waals surface area contributed by atoms with Gasteiger partial charge in [-0.3, -0.25) is 4.79 Å². The van der Waals surface area contributed by atoms with Gasteiger partial charge in [0.1, 0.15) is 11.4 Å². The minimum absolute atomic E-state index is 0.163. The van der Waals surface area contributed by atoms with Gasteiger partial charge in [-0.1, -0.05) is 26.0 Å². The van der Waals surface area contributed by atoms with E-state index in [-0.39, 0.29) is 17.9 Å². The van der Waals surface area contributed by atoms with Gasteiger partial charge in [0.2, 0.25) is 0 Å². The molecular formula is C19H20N6O. The van der Waals surface area contributed by atoms with E-state index >= 15 is 0 Å². The molecule has 26 heavy (non-hydrogen) atoms. The van der Waals surface area contributed by atoms with Crippen molar-refractivity contribution < 1.29 is 4.79 Å². The molecule has 0 aliphatic carbocycles. The van der Waals surface area contributed by atoms with Gasteiger partial charge in [0.05, 0.1) is 23.3 Å². The Morgan fingerprint density at radius 1 is 1.19 bits per heavy atom. The molecule has 132 valence electrons. The van der Waals surface area contributed by atoms with E-state index < -0.39 is 0 Å². The largest absolute Gasteiger partial charge is 0.342 e. The third kappa shape index (κ3) is 2.81. The van der Waals surface area contributed by atoms with Crippen molar-refractivity contribution in [3.05, 3.63) is 59.8 Å². The standard InChI is InChI=1S/C19H20N6O/c1-11(2)16(17-22-14-6-4-5-7-15(14)23-17)24-19(26)13-10-20-25-9-8-12(3)21-18(13)25/h4-11,16H,1-3H3,(H,22,23)(H,24,26). The van der Waals surface area contributed by atoms with Crippen LogP contribution < -0.4 is 5.32 Å². The second-order valence-corrected chi connectivity index (χ2v) is 6.73. The first kappa shape index (κ1) is 16.3. The van der Waals surface area contributed by atoms with Crippen molar-refractivity contribution in [2.24, 2.45) is 5.92 Å². The van der Waals surface area contributed by atoms with Gasteiger partial charge in [0.25, 0.3) is 5.91 Å². The van der Waals surface area contributed by atoms with E-state index in [0.717, 1.165) is 22.6 Å². The predicted molar refractivity (Wildman–Crippen MR) is 98.9 cm³/mol. The summed E-state index contributed by atoms with van der Waals surface area (Å²) in [5.41, 5.74) is 3.68. The first-order valence-corrected chi connectivity index (χ1v) is 8.59. The highest BCUT2D eigenvalue weighted by Gasteiger charge is 2.24. The second-order valence-electron chi connectivity index (χ2n) is 6.73. The average Bonchev–Trinajstić information content (AvgIpc) is 3.22. The zero-order valence-electron chi connectivity index (χ0n) is 14.9. The third-order valence-electron chi connectivity index (χ3n) is 4.41. The number of carbonyl (C=O) groups is 1. The van der Waals surface area contributed by atoms with Crippen LogP contribution in [0.1, 0.15) is 41.8 Å². The number of hydrogen-bond acceptors (Lipinski definition) is 4. The average molecular weight is 348 g/mol. The molecule has 0 saturated heterocycles.